The summed E-state index contributed by atoms with van der Waals surface area (Å²) >= 11 is 0. The molecule has 12 heavy (non-hydrogen) atoms. The molecule has 0 amide bonds. The molecule has 4 N–H and O–H groups in total. The van der Waals surface area contributed by atoms with E-state index in [0.717, 1.165) is 0 Å². The highest BCUT2D eigenvalue weighted by atomic mass is 16.4. The zero-order valence-corrected chi connectivity index (χ0v) is 7.27. The zero-order chi connectivity index (χ0) is 10.1. The van der Waals surface area contributed by atoms with E-state index in [1.54, 1.807) is 13.8 Å². The van der Waals surface area contributed by atoms with Crippen LogP contribution >= 0.6 is 0 Å². The molecule has 0 fully saturated rings. The first-order chi connectivity index (χ1) is 5.45. The number of carboxylic acid groups (broad SMARTS) is 1. The topological polar surface area (TPSA) is 98.0 Å². The molecule has 0 aliphatic rings. The van der Waals surface area contributed by atoms with Crippen LogP contribution in [0.1, 0.15) is 13.8 Å². The first-order valence-corrected chi connectivity index (χ1v) is 3.58. The van der Waals surface area contributed by atoms with Crippen LogP contribution in [0.15, 0.2) is 0 Å². The monoisotopic (exact) mass is 180 g/mol. The van der Waals surface area contributed by atoms with E-state index >= 15 is 0 Å². The van der Waals surface area contributed by atoms with Crippen LogP contribution in [0.2, 0.25) is 0 Å². The molecule has 0 rings (SSSR count). The van der Waals surface area contributed by atoms with Gasteiger partial charge in [0.05, 0.1) is 19.1 Å². The summed E-state index contributed by atoms with van der Waals surface area (Å²) in [5.74, 6) is -0.972. The predicted octanol–water partition coefficient (Wildman–Crippen LogP) is -0.941. The molecule has 0 aromatic heterocycles. The van der Waals surface area contributed by atoms with Gasteiger partial charge in [-0.25, -0.2) is 0 Å². The number of carboxylic acids is 1. The largest absolute Gasteiger partial charge is 0.481 e. The van der Waals surface area contributed by atoms with Crippen molar-refractivity contribution >= 4 is 5.97 Å². The van der Waals surface area contributed by atoms with E-state index in [1.807, 2.05) is 0 Å². The minimum Gasteiger partial charge on any atom is -0.481 e. The van der Waals surface area contributed by atoms with Crippen molar-refractivity contribution in [1.82, 2.24) is 0 Å². The van der Waals surface area contributed by atoms with E-state index in [-0.39, 0.29) is 19.1 Å². The van der Waals surface area contributed by atoms with Crippen LogP contribution < -0.4 is 0 Å². The second-order valence-electron chi connectivity index (χ2n) is 2.51. The summed E-state index contributed by atoms with van der Waals surface area (Å²) in [5, 5.41) is 32.0. The highest BCUT2D eigenvalue weighted by Crippen LogP contribution is 1.87. The molecular weight excluding hydrogens is 164 g/mol. The van der Waals surface area contributed by atoms with Gasteiger partial charge < -0.3 is 20.4 Å². The van der Waals surface area contributed by atoms with Crippen LogP contribution in [0.4, 0.5) is 0 Å². The quantitative estimate of drug-likeness (QED) is 0.449. The Morgan fingerprint density at radius 2 is 1.50 bits per heavy atom. The number of aliphatic carboxylic acids is 1. The first-order valence-electron chi connectivity index (χ1n) is 3.58. The molecule has 5 nitrogen and oxygen atoms in total. The zero-order valence-electron chi connectivity index (χ0n) is 7.27. The third kappa shape index (κ3) is 12.1. The lowest BCUT2D eigenvalue weighted by atomic mass is 10.2. The first kappa shape index (κ1) is 13.9. The molecule has 0 atom stereocenters. The van der Waals surface area contributed by atoms with E-state index in [0.29, 0.717) is 0 Å². The van der Waals surface area contributed by atoms with Gasteiger partial charge in [-0.3, -0.25) is 4.79 Å². The van der Waals surface area contributed by atoms with Gasteiger partial charge >= 0.3 is 5.97 Å². The summed E-state index contributed by atoms with van der Waals surface area (Å²) in [6.07, 6.45) is -0.954. The fourth-order valence-corrected chi connectivity index (χ4v) is 0.0577. The summed E-state index contributed by atoms with van der Waals surface area (Å²) in [5.41, 5.74) is 0. The van der Waals surface area contributed by atoms with Crippen molar-refractivity contribution in [3.05, 3.63) is 0 Å². The fourth-order valence-electron chi connectivity index (χ4n) is 0.0577. The molecule has 0 radical (unpaired) electrons. The Balaban J connectivity index is 0. The van der Waals surface area contributed by atoms with E-state index in [9.17, 15) is 4.79 Å². The lowest BCUT2D eigenvalue weighted by molar-refractivity contribution is -0.140. The average molecular weight is 180 g/mol. The Kier molecular flexibility index (Phi) is 9.79. The van der Waals surface area contributed by atoms with Crippen LogP contribution in [0.25, 0.3) is 0 Å². The van der Waals surface area contributed by atoms with Crippen molar-refractivity contribution in [1.29, 1.82) is 0 Å². The summed E-state index contributed by atoms with van der Waals surface area (Å²) in [4.78, 5) is 9.70. The Hall–Kier alpha value is -0.650. The SMILES string of the molecule is CC(C)C(=O)O.OCC(O)CO. The average Bonchev–Trinajstić information content (AvgIpc) is 2.04. The van der Waals surface area contributed by atoms with Crippen molar-refractivity contribution in [2.45, 2.75) is 20.0 Å². The normalized spacial score (nSPS) is 9.58. The van der Waals surface area contributed by atoms with Gasteiger partial charge in [-0.05, 0) is 0 Å². The maximum absolute atomic E-state index is 9.70. The second-order valence-corrected chi connectivity index (χ2v) is 2.51. The standard InChI is InChI=1S/C4H8O2.C3H8O3/c1-3(2)4(5)6;4-1-3(6)2-5/h3H,1-2H3,(H,5,6);3-6H,1-2H2. The number of aliphatic hydroxyl groups excluding tert-OH is 3. The molecule has 0 spiro atoms. The molecule has 0 saturated carbocycles. The second kappa shape index (κ2) is 8.45. The van der Waals surface area contributed by atoms with Crippen LogP contribution in [-0.4, -0.2) is 45.7 Å². The van der Waals surface area contributed by atoms with E-state index in [4.69, 9.17) is 20.4 Å². The molecule has 0 saturated heterocycles. The van der Waals surface area contributed by atoms with Gasteiger partial charge in [0.15, 0.2) is 0 Å². The molecule has 0 unspecified atom stereocenters. The van der Waals surface area contributed by atoms with Gasteiger partial charge in [0, 0.05) is 0 Å². The van der Waals surface area contributed by atoms with Gasteiger partial charge in [0.1, 0.15) is 6.10 Å². The third-order valence-corrected chi connectivity index (χ3v) is 0.915. The van der Waals surface area contributed by atoms with Gasteiger partial charge in [-0.2, -0.15) is 0 Å². The van der Waals surface area contributed by atoms with E-state index in [2.05, 4.69) is 0 Å². The Labute approximate surface area is 71.3 Å². The van der Waals surface area contributed by atoms with E-state index < -0.39 is 12.1 Å². The minimum absolute atomic E-state index is 0.231. The Morgan fingerprint density at radius 3 is 1.50 bits per heavy atom. The van der Waals surface area contributed by atoms with Crippen LogP contribution in [-0.2, 0) is 4.79 Å². The minimum atomic E-state index is -0.954. The van der Waals surface area contributed by atoms with Gasteiger partial charge in [-0.15, -0.1) is 0 Å². The summed E-state index contributed by atoms with van der Waals surface area (Å²) in [6, 6.07) is 0. The number of aliphatic hydroxyl groups is 3. The van der Waals surface area contributed by atoms with Gasteiger partial charge in [0.25, 0.3) is 0 Å². The fraction of sp³-hybridized carbons (Fsp3) is 0.857. The Bertz CT molecular complexity index is 108. The van der Waals surface area contributed by atoms with Crippen LogP contribution in [0, 0.1) is 5.92 Å². The summed E-state index contributed by atoms with van der Waals surface area (Å²) < 4.78 is 0. The molecular formula is C7H16O5. The summed E-state index contributed by atoms with van der Waals surface area (Å²) in [6.45, 7) is 2.55. The molecule has 0 aromatic carbocycles. The highest BCUT2D eigenvalue weighted by Gasteiger charge is 1.99. The van der Waals surface area contributed by atoms with Gasteiger partial charge in [0.2, 0.25) is 0 Å². The summed E-state index contributed by atoms with van der Waals surface area (Å²) in [7, 11) is 0. The number of hydrogen-bond acceptors (Lipinski definition) is 4. The Morgan fingerprint density at radius 1 is 1.25 bits per heavy atom. The van der Waals surface area contributed by atoms with Crippen molar-refractivity contribution in [2.24, 2.45) is 5.92 Å². The van der Waals surface area contributed by atoms with Crippen molar-refractivity contribution in [3.8, 4) is 0 Å². The van der Waals surface area contributed by atoms with Crippen molar-refractivity contribution in [2.75, 3.05) is 13.2 Å². The molecule has 74 valence electrons. The third-order valence-electron chi connectivity index (χ3n) is 0.915. The van der Waals surface area contributed by atoms with Crippen molar-refractivity contribution < 1.29 is 25.2 Å². The molecule has 0 aliphatic carbocycles. The van der Waals surface area contributed by atoms with Gasteiger partial charge in [-0.1, -0.05) is 13.8 Å². The number of rotatable bonds is 3. The van der Waals surface area contributed by atoms with Crippen LogP contribution in [0.5, 0.6) is 0 Å². The number of hydrogen-bond donors (Lipinski definition) is 4. The molecule has 0 bridgehead atoms. The van der Waals surface area contributed by atoms with E-state index in [1.165, 1.54) is 0 Å². The smallest absolute Gasteiger partial charge is 0.305 e. The van der Waals surface area contributed by atoms with Crippen LogP contribution in [0.3, 0.4) is 0 Å². The number of carbonyl (C=O) groups is 1. The molecule has 5 heteroatoms. The molecule has 0 heterocycles. The lowest BCUT2D eigenvalue weighted by Crippen LogP contribution is -2.15. The highest BCUT2D eigenvalue weighted by molar-refractivity contribution is 5.68. The maximum atomic E-state index is 9.70. The predicted molar refractivity (Wildman–Crippen MR) is 42.7 cm³/mol. The maximum Gasteiger partial charge on any atom is 0.305 e. The van der Waals surface area contributed by atoms with Crippen molar-refractivity contribution in [3.63, 3.8) is 0 Å². The molecule has 0 aliphatic heterocycles. The molecule has 0 aromatic rings. The lowest BCUT2D eigenvalue weighted by Gasteiger charge is -1.96.